The van der Waals surface area contributed by atoms with Gasteiger partial charge in [0, 0.05) is 28.7 Å². The largest absolute Gasteiger partial charge is 0.479 e. The van der Waals surface area contributed by atoms with Crippen LogP contribution in [0.2, 0.25) is 0 Å². The number of fused-ring (bicyclic) bond motifs is 7. The molecule has 8 rings (SSSR count). The van der Waals surface area contributed by atoms with E-state index >= 15 is 0 Å². The number of carboxylic acids is 1. The fourth-order valence-corrected chi connectivity index (χ4v) is 16.7. The van der Waals surface area contributed by atoms with Gasteiger partial charge in [0.1, 0.15) is 67.1 Å². The Labute approximate surface area is 472 Å². The molecule has 23 heteroatoms. The second-order valence-corrected chi connectivity index (χ2v) is 26.3. The zero-order chi connectivity index (χ0) is 60.0. The second-order valence-electron chi connectivity index (χ2n) is 26.3. The Bertz CT molecular complexity index is 2410. The minimum atomic E-state index is -2.17. The first-order valence-corrected chi connectivity index (χ1v) is 28.6. The van der Waals surface area contributed by atoms with Crippen molar-refractivity contribution in [2.24, 2.45) is 56.2 Å². The van der Waals surface area contributed by atoms with Gasteiger partial charge in [0.05, 0.1) is 50.2 Å². The van der Waals surface area contributed by atoms with E-state index in [1.165, 1.54) is 0 Å². The highest BCUT2D eigenvalue weighted by atomic mass is 16.8. The van der Waals surface area contributed by atoms with Crippen LogP contribution in [-0.4, -0.2) is 221 Å². The van der Waals surface area contributed by atoms with Gasteiger partial charge in [-0.3, -0.25) is 4.79 Å². The van der Waals surface area contributed by atoms with Crippen LogP contribution in [0.1, 0.15) is 114 Å². The summed E-state index contributed by atoms with van der Waals surface area (Å²) < 4.78 is 42.8. The molecule has 0 aromatic heterocycles. The zero-order valence-electron chi connectivity index (χ0n) is 48.1. The SMILES string of the molecule is C/C=C(/C)C(=O)C[C@H]1[C@H](OC(=O)/C(C)=C\C)[C@@]2(CO)C(CC1(C)C)C1=CCC3[C@@]4(C)CCC(O[C@@H]5OC(C(=O)O)[C@@H](O)C(O[C@@H]6O[C@@H](CO)C(O)C6O)C5O[C@@H]5OC(CO)[C@@H](O)C(O)C5O)[C@](C)(CO)C4CC[C@@]3(C)[C@]1(C)[C@@H](O)[C@H]2O. The number of carbonyl (C=O) groups excluding carboxylic acids is 2. The van der Waals surface area contributed by atoms with Crippen LogP contribution >= 0.6 is 0 Å². The second kappa shape index (κ2) is 23.4. The molecular weight excluding hydrogens is 1060 g/mol. The van der Waals surface area contributed by atoms with Gasteiger partial charge >= 0.3 is 11.9 Å². The standard InChI is InChI=1S/C58H90O23/c1-11-25(3)30(63)19-28-47(81-49(74)26(4)12-2)58(24-62)29(20-53(28,5)6)27-13-14-34-54(7)17-16-35(55(8,23-61)33(54)15-18-56(34,9)57(27,10)45(70)46(58)71)77-52-44(80-51-40(68)38(66)36(64)31(21-59)75-51)42(41(69)43(79-52)48(72)73)78-50-39(67)37(65)32(22-60)76-50/h11-13,28-29,31-47,50-52,59-62,64-71H,14-24H2,1-10H3,(H,72,73)/b25-11-,26-12-/t28-,29?,31?,32-,33?,34?,35?,36+,37?,38?,39?,40?,41-,42?,43?,44?,45-,46+,47-,50-,51-,52+,54-,55+,56+,57-,58-/m0/s1. The van der Waals surface area contributed by atoms with Crippen molar-refractivity contribution in [1.82, 2.24) is 0 Å². The predicted molar refractivity (Wildman–Crippen MR) is 281 cm³/mol. The maximum atomic E-state index is 13.9. The first-order chi connectivity index (χ1) is 37.9. The summed E-state index contributed by atoms with van der Waals surface area (Å²) >= 11 is 0. The number of aliphatic carboxylic acids is 1. The van der Waals surface area contributed by atoms with Crippen LogP contribution in [0.3, 0.4) is 0 Å². The van der Waals surface area contributed by atoms with E-state index in [1.54, 1.807) is 39.8 Å². The zero-order valence-corrected chi connectivity index (χ0v) is 48.1. The van der Waals surface area contributed by atoms with Gasteiger partial charge in [-0.05, 0) is 106 Å². The van der Waals surface area contributed by atoms with E-state index in [0.29, 0.717) is 43.3 Å². The smallest absolute Gasteiger partial charge is 0.335 e. The molecule has 7 fully saturated rings. The van der Waals surface area contributed by atoms with E-state index in [0.717, 1.165) is 5.57 Å². The quantitative estimate of drug-likeness (QED) is 0.0415. The average molecular weight is 1160 g/mol. The van der Waals surface area contributed by atoms with Crippen LogP contribution in [0, 0.1) is 56.2 Å². The molecule has 3 aliphatic heterocycles. The summed E-state index contributed by atoms with van der Waals surface area (Å²) in [6.45, 7) is 16.1. The summed E-state index contributed by atoms with van der Waals surface area (Å²) in [4.78, 5) is 40.6. The van der Waals surface area contributed by atoms with Crippen LogP contribution in [0.25, 0.3) is 0 Å². The van der Waals surface area contributed by atoms with Crippen LogP contribution in [-0.2, 0) is 47.5 Å². The van der Waals surface area contributed by atoms with Crippen molar-refractivity contribution in [3.8, 4) is 0 Å². The fourth-order valence-electron chi connectivity index (χ4n) is 16.7. The van der Waals surface area contributed by atoms with Gasteiger partial charge in [-0.1, -0.05) is 65.3 Å². The lowest BCUT2D eigenvalue weighted by Gasteiger charge is -2.73. The molecule has 0 bridgehead atoms. The molecule has 4 saturated carbocycles. The minimum absolute atomic E-state index is 0.0386. The molecule has 460 valence electrons. The summed E-state index contributed by atoms with van der Waals surface area (Å²) in [6, 6.07) is 0. The molecule has 27 atom stereocenters. The number of aliphatic hydroxyl groups excluding tert-OH is 12. The first-order valence-electron chi connectivity index (χ1n) is 28.6. The van der Waals surface area contributed by atoms with Crippen molar-refractivity contribution in [1.29, 1.82) is 0 Å². The van der Waals surface area contributed by atoms with E-state index in [2.05, 4.69) is 19.9 Å². The number of esters is 1. The number of hydrogen-bond acceptors (Lipinski definition) is 22. The lowest BCUT2D eigenvalue weighted by Crippen LogP contribution is -2.75. The number of carboxylic acid groups (broad SMARTS) is 1. The summed E-state index contributed by atoms with van der Waals surface area (Å²) in [6.07, 6.45) is -23.7. The molecule has 8 aliphatic rings. The summed E-state index contributed by atoms with van der Waals surface area (Å²) in [5, 5.41) is 146. The Hall–Kier alpha value is -2.89. The van der Waals surface area contributed by atoms with Crippen LogP contribution in [0.4, 0.5) is 0 Å². The van der Waals surface area contributed by atoms with Crippen molar-refractivity contribution in [3.63, 3.8) is 0 Å². The minimum Gasteiger partial charge on any atom is -0.479 e. The number of carbonyl (C=O) groups is 3. The number of rotatable bonds is 16. The third-order valence-corrected chi connectivity index (χ3v) is 22.1. The van der Waals surface area contributed by atoms with E-state index in [4.69, 9.17) is 33.2 Å². The predicted octanol–water partition coefficient (Wildman–Crippen LogP) is -0.101. The maximum absolute atomic E-state index is 13.9. The van der Waals surface area contributed by atoms with Crippen molar-refractivity contribution >= 4 is 17.7 Å². The van der Waals surface area contributed by atoms with Crippen molar-refractivity contribution < 1.29 is 114 Å². The summed E-state index contributed by atoms with van der Waals surface area (Å²) in [5.41, 5.74) is -4.47. The molecule has 0 amide bonds. The third kappa shape index (κ3) is 10.0. The Morgan fingerprint density at radius 1 is 0.667 bits per heavy atom. The Balaban J connectivity index is 1.15. The van der Waals surface area contributed by atoms with Gasteiger partial charge in [-0.15, -0.1) is 0 Å². The molecule has 5 aliphatic carbocycles. The molecule has 12 unspecified atom stereocenters. The van der Waals surface area contributed by atoms with Gasteiger partial charge in [0.25, 0.3) is 0 Å². The number of ether oxygens (including phenoxy) is 7. The van der Waals surface area contributed by atoms with Crippen LogP contribution < -0.4 is 0 Å². The van der Waals surface area contributed by atoms with E-state index < -0.39 is 193 Å². The van der Waals surface area contributed by atoms with Crippen LogP contribution in [0.5, 0.6) is 0 Å². The lowest BCUT2D eigenvalue weighted by atomic mass is 9.32. The van der Waals surface area contributed by atoms with Gasteiger partial charge in [0.2, 0.25) is 0 Å². The van der Waals surface area contributed by atoms with Crippen molar-refractivity contribution in [3.05, 3.63) is 34.9 Å². The highest BCUT2D eigenvalue weighted by molar-refractivity contribution is 5.95. The molecule has 23 nitrogen and oxygen atoms in total. The molecule has 81 heavy (non-hydrogen) atoms. The van der Waals surface area contributed by atoms with Gasteiger partial charge in [-0.25, -0.2) is 9.59 Å². The van der Waals surface area contributed by atoms with Crippen LogP contribution in [0.15, 0.2) is 34.9 Å². The molecule has 3 heterocycles. The number of Topliss-reactive ketones (excluding diaryl/α,β-unsaturated/α-hetero) is 1. The van der Waals surface area contributed by atoms with Gasteiger partial charge in [-0.2, -0.15) is 0 Å². The molecule has 13 N–H and O–H groups in total. The van der Waals surface area contributed by atoms with E-state index in [1.807, 2.05) is 27.7 Å². The van der Waals surface area contributed by atoms with E-state index in [9.17, 15) is 80.8 Å². The molecule has 0 spiro atoms. The summed E-state index contributed by atoms with van der Waals surface area (Å²) in [5.74, 6) is -4.45. The Morgan fingerprint density at radius 3 is 1.80 bits per heavy atom. The monoisotopic (exact) mass is 1150 g/mol. The number of ketones is 1. The topological polar surface area (TPSA) is 379 Å². The molecule has 0 radical (unpaired) electrons. The third-order valence-electron chi connectivity index (χ3n) is 22.1. The number of allylic oxidation sites excluding steroid dienone is 4. The van der Waals surface area contributed by atoms with E-state index in [-0.39, 0.29) is 30.5 Å². The molecule has 0 aromatic rings. The van der Waals surface area contributed by atoms with Crippen molar-refractivity contribution in [2.45, 2.75) is 225 Å². The molecule has 3 saturated heterocycles. The molecule has 0 aromatic carbocycles. The number of aliphatic hydroxyl groups is 12. The van der Waals surface area contributed by atoms with Gasteiger partial charge in [0.15, 0.2) is 30.8 Å². The lowest BCUT2D eigenvalue weighted by molar-refractivity contribution is -0.387. The normalized spacial score (nSPS) is 49.8. The van der Waals surface area contributed by atoms with Crippen molar-refractivity contribution in [2.75, 3.05) is 26.4 Å². The molecular formula is C58H90O23. The Morgan fingerprint density at radius 2 is 1.25 bits per heavy atom. The average Bonchev–Trinajstić information content (AvgIpc) is 1.99. The highest BCUT2D eigenvalue weighted by Crippen LogP contribution is 2.76. The number of hydrogen-bond donors (Lipinski definition) is 13. The first kappa shape index (κ1) is 64.1. The van der Waals surface area contributed by atoms with Gasteiger partial charge < -0.3 is 99.5 Å². The highest BCUT2D eigenvalue weighted by Gasteiger charge is 2.76. The fraction of sp³-hybridized carbons (Fsp3) is 0.845. The summed E-state index contributed by atoms with van der Waals surface area (Å²) in [7, 11) is 0. The Kier molecular flexibility index (Phi) is 18.5. The maximum Gasteiger partial charge on any atom is 0.335 e.